The Morgan fingerprint density at radius 2 is 1.67 bits per heavy atom. The first-order chi connectivity index (χ1) is 20.0. The fourth-order valence-electron chi connectivity index (χ4n) is 5.12. The largest absolute Gasteiger partial charge is 0.497 e. The normalized spacial score (nSPS) is 14.3. The molecule has 4 rings (SSSR count). The number of nitrogens with zero attached hydrogens (tertiary/aromatic N) is 2. The van der Waals surface area contributed by atoms with Crippen molar-refractivity contribution in [2.75, 3.05) is 24.2 Å². The molecule has 0 saturated heterocycles. The van der Waals surface area contributed by atoms with Crippen molar-refractivity contribution >= 4 is 50.7 Å². The van der Waals surface area contributed by atoms with Gasteiger partial charge in [0.25, 0.3) is 0 Å². The average molecular weight is 633 g/mol. The van der Waals surface area contributed by atoms with Gasteiger partial charge in [-0.2, -0.15) is 0 Å². The molecule has 0 aromatic heterocycles. The Morgan fingerprint density at radius 3 is 2.26 bits per heavy atom. The molecular weight excluding hydrogens is 597 g/mol. The number of ether oxygens (including phenoxy) is 1. The van der Waals surface area contributed by atoms with Crippen LogP contribution in [0.15, 0.2) is 72.8 Å². The maximum absolute atomic E-state index is 14.2. The smallest absolute Gasteiger partial charge is 0.244 e. The number of nitrogens with one attached hydrogen (secondary N) is 1. The first-order valence-corrected chi connectivity index (χ1v) is 16.3. The maximum atomic E-state index is 14.2. The van der Waals surface area contributed by atoms with Crippen molar-refractivity contribution in [1.29, 1.82) is 0 Å². The number of halogens is 2. The van der Waals surface area contributed by atoms with E-state index in [1.165, 1.54) is 12.0 Å². The average Bonchev–Trinajstić information content (AvgIpc) is 3.47. The molecule has 224 valence electrons. The van der Waals surface area contributed by atoms with Gasteiger partial charge in [-0.1, -0.05) is 72.4 Å². The van der Waals surface area contributed by atoms with Crippen LogP contribution in [0.3, 0.4) is 0 Å². The van der Waals surface area contributed by atoms with E-state index in [2.05, 4.69) is 5.32 Å². The van der Waals surface area contributed by atoms with Crippen LogP contribution in [0.1, 0.15) is 36.8 Å². The molecule has 1 aliphatic carbocycles. The van der Waals surface area contributed by atoms with E-state index in [1.807, 2.05) is 30.3 Å². The lowest BCUT2D eigenvalue weighted by molar-refractivity contribution is -0.140. The van der Waals surface area contributed by atoms with Gasteiger partial charge in [0, 0.05) is 29.1 Å². The number of amides is 2. The Balaban J connectivity index is 1.73. The lowest BCUT2D eigenvalue weighted by atomic mass is 10.0. The van der Waals surface area contributed by atoms with Crippen LogP contribution in [0.25, 0.3) is 0 Å². The number of carbonyl (C=O) groups is 2. The van der Waals surface area contributed by atoms with E-state index in [0.717, 1.165) is 41.8 Å². The lowest BCUT2D eigenvalue weighted by Crippen LogP contribution is -2.54. The second kappa shape index (κ2) is 14.3. The van der Waals surface area contributed by atoms with E-state index >= 15 is 0 Å². The Morgan fingerprint density at radius 1 is 1.00 bits per heavy atom. The van der Waals surface area contributed by atoms with Crippen molar-refractivity contribution in [3.63, 3.8) is 0 Å². The third kappa shape index (κ3) is 8.40. The van der Waals surface area contributed by atoms with E-state index in [0.29, 0.717) is 27.0 Å². The van der Waals surface area contributed by atoms with Crippen LogP contribution in [0.5, 0.6) is 5.75 Å². The lowest BCUT2D eigenvalue weighted by Gasteiger charge is -2.34. The molecule has 0 unspecified atom stereocenters. The second-order valence-electron chi connectivity index (χ2n) is 10.4. The molecule has 0 aliphatic heterocycles. The van der Waals surface area contributed by atoms with Crippen molar-refractivity contribution in [3.8, 4) is 5.75 Å². The molecule has 3 aromatic rings. The summed E-state index contributed by atoms with van der Waals surface area (Å²) >= 11 is 12.7. The summed E-state index contributed by atoms with van der Waals surface area (Å²) in [4.78, 5) is 29.5. The van der Waals surface area contributed by atoms with Gasteiger partial charge in [0.1, 0.15) is 18.3 Å². The van der Waals surface area contributed by atoms with Gasteiger partial charge in [-0.25, -0.2) is 8.42 Å². The molecule has 2 amide bonds. The van der Waals surface area contributed by atoms with Gasteiger partial charge in [-0.15, -0.1) is 0 Å². The molecule has 0 bridgehead atoms. The second-order valence-corrected chi connectivity index (χ2v) is 13.2. The predicted molar refractivity (Wildman–Crippen MR) is 167 cm³/mol. The number of methoxy groups -OCH3 is 1. The Kier molecular flexibility index (Phi) is 10.8. The summed E-state index contributed by atoms with van der Waals surface area (Å²) in [7, 11) is -2.37. The van der Waals surface area contributed by atoms with Crippen molar-refractivity contribution in [3.05, 3.63) is 94.0 Å². The molecule has 0 heterocycles. The number of carbonyl (C=O) groups excluding carboxylic acids is 2. The van der Waals surface area contributed by atoms with Crippen LogP contribution >= 0.6 is 23.2 Å². The summed E-state index contributed by atoms with van der Waals surface area (Å²) in [5, 5.41) is 3.91. The van der Waals surface area contributed by atoms with Gasteiger partial charge in [0.05, 0.1) is 19.1 Å². The first-order valence-electron chi connectivity index (χ1n) is 13.7. The van der Waals surface area contributed by atoms with Crippen molar-refractivity contribution in [1.82, 2.24) is 10.2 Å². The molecule has 1 saturated carbocycles. The highest BCUT2D eigenvalue weighted by molar-refractivity contribution is 7.92. The fourth-order valence-corrected chi connectivity index (χ4v) is 6.43. The van der Waals surface area contributed by atoms with Crippen LogP contribution in [-0.4, -0.2) is 57.1 Å². The standard InChI is InChI=1S/C31H35Cl2N3O5S/c1-41-27-16-14-26(15-17-27)36(42(2,39)40)21-30(37)35(20-23-12-13-24(32)19-28(23)33)29(18-22-8-4-3-5-9-22)31(38)34-25-10-6-7-11-25/h3-5,8-9,12-17,19,25,29H,6-7,10-11,18,20-21H2,1-2H3,(H,34,38)/t29-/m0/s1. The van der Waals surface area contributed by atoms with Crippen molar-refractivity contribution in [2.45, 2.75) is 50.7 Å². The molecule has 1 fully saturated rings. The SMILES string of the molecule is COc1ccc(N(CC(=O)N(Cc2ccc(Cl)cc2Cl)[C@@H](Cc2ccccc2)C(=O)NC2CCCC2)S(C)(=O)=O)cc1. The minimum atomic E-state index is -3.88. The van der Waals surface area contributed by atoms with Gasteiger partial charge in [-0.05, 0) is 60.4 Å². The van der Waals surface area contributed by atoms with Crippen LogP contribution in [-0.2, 0) is 32.6 Å². The van der Waals surface area contributed by atoms with Crippen LogP contribution in [0, 0.1) is 0 Å². The Hall–Kier alpha value is -3.27. The molecule has 0 radical (unpaired) electrons. The molecule has 1 aliphatic rings. The van der Waals surface area contributed by atoms with E-state index in [4.69, 9.17) is 27.9 Å². The number of hydrogen-bond acceptors (Lipinski definition) is 5. The van der Waals surface area contributed by atoms with Crippen LogP contribution in [0.4, 0.5) is 5.69 Å². The Labute approximate surface area is 257 Å². The van der Waals surface area contributed by atoms with Gasteiger partial charge < -0.3 is 15.0 Å². The third-order valence-corrected chi connectivity index (χ3v) is 9.10. The van der Waals surface area contributed by atoms with E-state index < -0.39 is 28.5 Å². The molecule has 1 N–H and O–H groups in total. The maximum Gasteiger partial charge on any atom is 0.244 e. The number of anilines is 1. The highest BCUT2D eigenvalue weighted by atomic mass is 35.5. The molecular formula is C31H35Cl2N3O5S. The van der Waals surface area contributed by atoms with Gasteiger partial charge in [-0.3, -0.25) is 13.9 Å². The van der Waals surface area contributed by atoms with Gasteiger partial charge in [0.2, 0.25) is 21.8 Å². The number of benzene rings is 3. The van der Waals surface area contributed by atoms with Crippen LogP contribution in [0.2, 0.25) is 10.0 Å². The zero-order chi connectivity index (χ0) is 30.3. The number of sulfonamides is 1. The summed E-state index contributed by atoms with van der Waals surface area (Å²) < 4.78 is 32.1. The zero-order valence-electron chi connectivity index (χ0n) is 23.6. The minimum Gasteiger partial charge on any atom is -0.497 e. The van der Waals surface area contributed by atoms with Crippen LogP contribution < -0.4 is 14.4 Å². The first kappa shape index (κ1) is 31.7. The third-order valence-electron chi connectivity index (χ3n) is 7.37. The minimum absolute atomic E-state index is 0.0232. The summed E-state index contributed by atoms with van der Waals surface area (Å²) in [6, 6.07) is 19.9. The predicted octanol–water partition coefficient (Wildman–Crippen LogP) is 5.47. The number of hydrogen-bond donors (Lipinski definition) is 1. The molecule has 0 spiro atoms. The quantitative estimate of drug-likeness (QED) is 0.286. The molecule has 11 heteroatoms. The summed E-state index contributed by atoms with van der Waals surface area (Å²) in [6.45, 7) is -0.539. The summed E-state index contributed by atoms with van der Waals surface area (Å²) in [5.74, 6) is -0.298. The van der Waals surface area contributed by atoms with Gasteiger partial charge >= 0.3 is 0 Å². The van der Waals surface area contributed by atoms with E-state index in [-0.39, 0.29) is 24.9 Å². The summed E-state index contributed by atoms with van der Waals surface area (Å²) in [6.07, 6.45) is 5.09. The molecule has 8 nitrogen and oxygen atoms in total. The highest BCUT2D eigenvalue weighted by Gasteiger charge is 2.34. The monoisotopic (exact) mass is 631 g/mol. The highest BCUT2D eigenvalue weighted by Crippen LogP contribution is 2.26. The molecule has 1 atom stereocenters. The summed E-state index contributed by atoms with van der Waals surface area (Å²) in [5.41, 5.74) is 1.74. The number of rotatable bonds is 12. The molecule has 42 heavy (non-hydrogen) atoms. The van der Waals surface area contributed by atoms with Crippen molar-refractivity contribution in [2.24, 2.45) is 0 Å². The van der Waals surface area contributed by atoms with E-state index in [9.17, 15) is 18.0 Å². The zero-order valence-corrected chi connectivity index (χ0v) is 26.0. The van der Waals surface area contributed by atoms with Gasteiger partial charge in [0.15, 0.2) is 0 Å². The Bertz CT molecular complexity index is 1480. The fraction of sp³-hybridized carbons (Fsp3) is 0.355. The topological polar surface area (TPSA) is 96.0 Å². The molecule has 3 aromatic carbocycles. The van der Waals surface area contributed by atoms with Crippen molar-refractivity contribution < 1.29 is 22.7 Å². The van der Waals surface area contributed by atoms with E-state index in [1.54, 1.807) is 42.5 Å².